The first-order valence-electron chi connectivity index (χ1n) is 25.0. The van der Waals surface area contributed by atoms with Crippen LogP contribution in [-0.2, 0) is 74.6 Å². The van der Waals surface area contributed by atoms with E-state index in [-0.39, 0.29) is 89.7 Å². The highest BCUT2D eigenvalue weighted by molar-refractivity contribution is 7.86. The van der Waals surface area contributed by atoms with Crippen LogP contribution in [0.3, 0.4) is 0 Å². The molecule has 0 aromatic heterocycles. The molecule has 426 valence electrons. The number of nitrogens with zero attached hydrogens (tertiary/aromatic N) is 3. The van der Waals surface area contributed by atoms with Crippen LogP contribution in [0.1, 0.15) is 87.0 Å². The molecule has 4 aliphatic heterocycles. The van der Waals surface area contributed by atoms with E-state index in [0.29, 0.717) is 61.5 Å². The van der Waals surface area contributed by atoms with E-state index in [1.54, 1.807) is 66.2 Å². The van der Waals surface area contributed by atoms with Gasteiger partial charge in [-0.15, -0.1) is 5.06 Å². The third-order valence-electron chi connectivity index (χ3n) is 14.0. The number of benzene rings is 3. The number of anilines is 1. The van der Waals surface area contributed by atoms with Gasteiger partial charge in [-0.3, -0.25) is 27.8 Å². The van der Waals surface area contributed by atoms with Gasteiger partial charge in [0.05, 0.1) is 27.4 Å². The zero-order chi connectivity index (χ0) is 57.6. The Labute approximate surface area is 459 Å². The van der Waals surface area contributed by atoms with Gasteiger partial charge < -0.3 is 23.9 Å². The summed E-state index contributed by atoms with van der Waals surface area (Å²) in [6, 6.07) is 16.5. The lowest BCUT2D eigenvalue weighted by atomic mass is 9.75. The molecule has 1 unspecified atom stereocenters. The number of hydrogen-bond donors (Lipinski definition) is 4. The van der Waals surface area contributed by atoms with Gasteiger partial charge in [0.25, 0.3) is 52.3 Å². The number of allylic oxidation sites excluding steroid dienone is 7. The number of hydrogen-bond acceptors (Lipinski definition) is 16. The quantitative estimate of drug-likeness (QED) is 0.0303. The SMILES string of the molecule is COCCC1(CCOC)C=C(CS(=O)(=O)O)c2cc3c(cc2N1CCCS(=O)(=O)O)OC(c1ccccc1)=CC3=CC=CC=CC1=[N+](CCCS(=O)(=O)O)c2ccc(S(=O)(=O)O)cc2C1(C)CCCC(=O)ON1C(=O)CCC1=O. The van der Waals surface area contributed by atoms with Gasteiger partial charge >= 0.3 is 5.97 Å². The van der Waals surface area contributed by atoms with Crippen molar-refractivity contribution in [3.63, 3.8) is 0 Å². The molecule has 4 N–H and O–H groups in total. The van der Waals surface area contributed by atoms with Gasteiger partial charge in [-0.2, -0.15) is 38.2 Å². The zero-order valence-electron chi connectivity index (χ0n) is 43.5. The minimum Gasteiger partial charge on any atom is -0.456 e. The minimum atomic E-state index is -4.74. The molecular formula is C53H62N3O19S4+. The van der Waals surface area contributed by atoms with Crippen molar-refractivity contribution in [1.82, 2.24) is 5.06 Å². The number of carbonyl (C=O) groups is 3. The van der Waals surface area contributed by atoms with Crippen molar-refractivity contribution < 1.29 is 89.9 Å². The number of rotatable bonds is 26. The molecular weight excluding hydrogens is 1110 g/mol. The standard InChI is InChI=1S/C53H61N3O19S4/c1-52(22-10-17-51(59)75-56-49(57)20-21-50(56)58)43-32-40(79(69,70)71)18-19-44(43)54(25-11-29-76(60,61)62)48(52)16-9-5-8-15-38-31-46(37-13-6-4-7-14-37)74-47-34-45-41(33-42(38)47)39(36-78(66,67)68)35-53(23-27-72-2,24-28-73-3)55(45)26-12-30-77(63,64)65/h4-9,13-16,18-19,31-35H,10-12,17,20-30,36H2,1-3H3,(H3-,60,61,62,63,64,65,66,67,68,69,70,71)/p+1. The van der Waals surface area contributed by atoms with Crippen LogP contribution in [0.4, 0.5) is 11.4 Å². The number of amides is 2. The monoisotopic (exact) mass is 1170 g/mol. The zero-order valence-corrected chi connectivity index (χ0v) is 46.8. The van der Waals surface area contributed by atoms with E-state index in [1.807, 2.05) is 35.2 Å². The predicted molar refractivity (Wildman–Crippen MR) is 292 cm³/mol. The van der Waals surface area contributed by atoms with Crippen LogP contribution in [0.2, 0.25) is 0 Å². The van der Waals surface area contributed by atoms with Gasteiger partial charge in [0.1, 0.15) is 23.8 Å². The van der Waals surface area contributed by atoms with Crippen LogP contribution >= 0.6 is 0 Å². The molecule has 26 heteroatoms. The van der Waals surface area contributed by atoms with Crippen LogP contribution in [0.5, 0.6) is 5.75 Å². The van der Waals surface area contributed by atoms with Crippen molar-refractivity contribution in [2.75, 3.05) is 62.7 Å². The Balaban J connectivity index is 1.33. The van der Waals surface area contributed by atoms with E-state index < -0.39 is 91.4 Å². The second-order valence-electron chi connectivity index (χ2n) is 19.5. The Bertz CT molecular complexity index is 3510. The lowest BCUT2D eigenvalue weighted by Gasteiger charge is -2.48. The highest BCUT2D eigenvalue weighted by Gasteiger charge is 2.48. The van der Waals surface area contributed by atoms with E-state index in [2.05, 4.69) is 0 Å². The number of imide groups is 1. The lowest BCUT2D eigenvalue weighted by Crippen LogP contribution is -2.52. The van der Waals surface area contributed by atoms with Crippen LogP contribution in [0.15, 0.2) is 108 Å². The Morgan fingerprint density at radius 2 is 1.43 bits per heavy atom. The van der Waals surface area contributed by atoms with Crippen molar-refractivity contribution in [3.8, 4) is 5.75 Å². The molecule has 4 heterocycles. The molecule has 0 aliphatic carbocycles. The third kappa shape index (κ3) is 15.0. The van der Waals surface area contributed by atoms with Gasteiger partial charge in [0.2, 0.25) is 5.69 Å². The smallest absolute Gasteiger partial charge is 0.333 e. The fraction of sp³-hybridized carbons (Fsp3) is 0.396. The van der Waals surface area contributed by atoms with Crippen molar-refractivity contribution in [1.29, 1.82) is 0 Å². The Morgan fingerprint density at radius 1 is 0.772 bits per heavy atom. The Hall–Kier alpha value is -6.20. The second kappa shape index (κ2) is 24.7. The van der Waals surface area contributed by atoms with E-state index in [4.69, 9.17) is 19.0 Å². The topological polar surface area (TPSA) is 315 Å². The molecule has 4 aliphatic rings. The molecule has 79 heavy (non-hydrogen) atoms. The first-order valence-corrected chi connectivity index (χ1v) is 31.3. The lowest BCUT2D eigenvalue weighted by molar-refractivity contribution is -0.437. The number of methoxy groups -OCH3 is 2. The summed E-state index contributed by atoms with van der Waals surface area (Å²) in [4.78, 5) is 43.8. The summed E-state index contributed by atoms with van der Waals surface area (Å²) in [6.45, 7) is 2.21. The molecule has 1 atom stereocenters. The molecule has 1 saturated heterocycles. The van der Waals surface area contributed by atoms with Gasteiger partial charge in [-0.1, -0.05) is 60.7 Å². The van der Waals surface area contributed by atoms with Crippen LogP contribution in [0.25, 0.3) is 16.9 Å². The summed E-state index contributed by atoms with van der Waals surface area (Å²) in [6.07, 6.45) is 12.2. The maximum absolute atomic E-state index is 13.0. The van der Waals surface area contributed by atoms with Crippen molar-refractivity contribution in [2.45, 2.75) is 80.6 Å². The highest BCUT2D eigenvalue weighted by Crippen LogP contribution is 2.49. The molecule has 2 amide bonds. The Morgan fingerprint density at radius 3 is 2.05 bits per heavy atom. The fourth-order valence-electron chi connectivity index (χ4n) is 10.4. The van der Waals surface area contributed by atoms with Crippen molar-refractivity contribution >= 4 is 92.2 Å². The van der Waals surface area contributed by atoms with Crippen LogP contribution in [0, 0.1) is 0 Å². The maximum atomic E-state index is 13.0. The second-order valence-corrected chi connectivity index (χ2v) is 25.6. The van der Waals surface area contributed by atoms with E-state index >= 15 is 0 Å². The molecule has 3 aromatic rings. The first kappa shape index (κ1) is 60.4. The third-order valence-corrected chi connectivity index (χ3v) is 17.1. The van der Waals surface area contributed by atoms with Gasteiger partial charge in [0.15, 0.2) is 5.71 Å². The molecule has 0 radical (unpaired) electrons. The molecule has 22 nitrogen and oxygen atoms in total. The molecule has 7 rings (SSSR count). The summed E-state index contributed by atoms with van der Waals surface area (Å²) in [7, 11) is -15.2. The maximum Gasteiger partial charge on any atom is 0.333 e. The number of fused-ring (bicyclic) bond motifs is 3. The van der Waals surface area contributed by atoms with E-state index in [9.17, 15) is 66.3 Å². The average Bonchev–Trinajstić information content (AvgIpc) is 3.80. The van der Waals surface area contributed by atoms with Crippen LogP contribution < -0.4 is 9.64 Å². The molecule has 0 spiro atoms. The average molecular weight is 1170 g/mol. The van der Waals surface area contributed by atoms with Crippen molar-refractivity contribution in [3.05, 3.63) is 125 Å². The summed E-state index contributed by atoms with van der Waals surface area (Å²) in [5.74, 6) is -3.40. The molecule has 1 fully saturated rings. The molecule has 3 aromatic carbocycles. The predicted octanol–water partition coefficient (Wildman–Crippen LogP) is 6.16. The summed E-state index contributed by atoms with van der Waals surface area (Å²) in [5, 5.41) is 0.433. The summed E-state index contributed by atoms with van der Waals surface area (Å²) < 4.78 is 158. The summed E-state index contributed by atoms with van der Waals surface area (Å²) in [5.41, 5.74) is 1.99. The fourth-order valence-corrected chi connectivity index (χ4v) is 12.5. The normalized spacial score (nSPS) is 19.0. The molecule has 0 saturated carbocycles. The number of carbonyl (C=O) groups excluding carboxylic acids is 3. The van der Waals surface area contributed by atoms with Crippen molar-refractivity contribution in [2.24, 2.45) is 0 Å². The van der Waals surface area contributed by atoms with E-state index in [1.165, 1.54) is 32.4 Å². The van der Waals surface area contributed by atoms with Gasteiger partial charge in [-0.25, -0.2) is 4.79 Å². The van der Waals surface area contributed by atoms with E-state index in [0.717, 1.165) is 0 Å². The van der Waals surface area contributed by atoms with Gasteiger partial charge in [-0.05, 0) is 74.4 Å². The summed E-state index contributed by atoms with van der Waals surface area (Å²) >= 11 is 0. The minimum absolute atomic E-state index is 0.00227. The molecule has 0 bridgehead atoms. The number of hydroxylamine groups is 2. The largest absolute Gasteiger partial charge is 0.456 e. The Kier molecular flexibility index (Phi) is 18.9. The van der Waals surface area contributed by atoms with Gasteiger partial charge in [0, 0.05) is 106 Å². The highest BCUT2D eigenvalue weighted by atomic mass is 32.2. The number of ether oxygens (including phenoxy) is 3. The first-order chi connectivity index (χ1) is 37.1. The van der Waals surface area contributed by atoms with Crippen LogP contribution in [-0.4, -0.2) is 148 Å².